The third-order valence-electron chi connectivity index (χ3n) is 2.01. The van der Waals surface area contributed by atoms with Crippen LogP contribution in [0, 0.1) is 13.8 Å². The Kier molecular flexibility index (Phi) is 3.14. The Balaban J connectivity index is 2.89. The van der Waals surface area contributed by atoms with Crippen LogP contribution in [-0.2, 0) is 0 Å². The zero-order valence-electron chi connectivity index (χ0n) is 8.66. The number of nitrogens with two attached hydrogens (primary N) is 2. The van der Waals surface area contributed by atoms with E-state index in [9.17, 15) is 0 Å². The van der Waals surface area contributed by atoms with E-state index < -0.39 is 0 Å². The topological polar surface area (TPSA) is 89.6 Å². The molecule has 0 saturated carbocycles. The molecule has 1 aromatic rings. The number of nitrogens with one attached hydrogen (secondary N) is 1. The van der Waals surface area contributed by atoms with Crippen molar-refractivity contribution in [2.24, 2.45) is 16.6 Å². The minimum absolute atomic E-state index is 0.0523. The molecule has 5 N–H and O–H groups in total. The van der Waals surface area contributed by atoms with Crippen molar-refractivity contribution in [3.05, 3.63) is 23.2 Å². The molecule has 1 heterocycles. The summed E-state index contributed by atoms with van der Waals surface area (Å²) in [7, 11) is 0. The van der Waals surface area contributed by atoms with Crippen molar-refractivity contribution in [1.82, 2.24) is 5.43 Å². The van der Waals surface area contributed by atoms with Gasteiger partial charge in [-0.15, -0.1) is 0 Å². The van der Waals surface area contributed by atoms with Gasteiger partial charge in [-0.05, 0) is 26.8 Å². The summed E-state index contributed by atoms with van der Waals surface area (Å²) in [6.07, 6.45) is 0. The predicted octanol–water partition coefficient (Wildman–Crippen LogP) is 0.735. The number of hydrogen-bond donors (Lipinski definition) is 3. The van der Waals surface area contributed by atoms with E-state index in [1.165, 1.54) is 0 Å². The fraction of sp³-hybridized carbons (Fsp3) is 0.444. The zero-order chi connectivity index (χ0) is 10.7. The van der Waals surface area contributed by atoms with Gasteiger partial charge in [-0.3, -0.25) is 5.43 Å². The molecule has 0 aliphatic carbocycles. The number of hydrogen-bond acceptors (Lipinski definition) is 3. The number of furan rings is 1. The zero-order valence-corrected chi connectivity index (χ0v) is 8.66. The van der Waals surface area contributed by atoms with Gasteiger partial charge in [0.1, 0.15) is 11.5 Å². The van der Waals surface area contributed by atoms with E-state index >= 15 is 0 Å². The minimum atomic E-state index is -0.0523. The monoisotopic (exact) mass is 196 g/mol. The SMILES string of the molecule is Cc1cc(C(C)N=C(N)NN)c(C)o1. The second-order valence-corrected chi connectivity index (χ2v) is 3.20. The normalized spacial score (nSPS) is 14.1. The predicted molar refractivity (Wildman–Crippen MR) is 55.5 cm³/mol. The standard InChI is InChI=1S/C9H16N4O/c1-5-4-8(7(3)14-5)6(2)12-9(10)13-11/h4,6H,11H2,1-3H3,(H3,10,12,13). The van der Waals surface area contributed by atoms with Crippen LogP contribution in [0.4, 0.5) is 0 Å². The molecule has 5 heteroatoms. The highest BCUT2D eigenvalue weighted by Crippen LogP contribution is 2.23. The van der Waals surface area contributed by atoms with Crippen molar-refractivity contribution in [3.8, 4) is 0 Å². The Hall–Kier alpha value is -1.49. The van der Waals surface area contributed by atoms with Crippen molar-refractivity contribution in [2.45, 2.75) is 26.8 Å². The highest BCUT2D eigenvalue weighted by atomic mass is 16.3. The molecule has 0 fully saturated rings. The summed E-state index contributed by atoms with van der Waals surface area (Å²) in [5.74, 6) is 7.07. The number of aryl methyl sites for hydroxylation is 2. The summed E-state index contributed by atoms with van der Waals surface area (Å²) in [6, 6.07) is 1.90. The number of nitrogens with zero attached hydrogens (tertiary/aromatic N) is 1. The molecule has 0 bridgehead atoms. The Labute approximate surface area is 83.1 Å². The molecule has 78 valence electrons. The molecule has 0 aliphatic heterocycles. The molecule has 1 rings (SSSR count). The van der Waals surface area contributed by atoms with Gasteiger partial charge in [0.15, 0.2) is 0 Å². The first-order valence-electron chi connectivity index (χ1n) is 4.41. The number of guanidine groups is 1. The maximum absolute atomic E-state index is 5.45. The van der Waals surface area contributed by atoms with Gasteiger partial charge in [0, 0.05) is 5.56 Å². The van der Waals surface area contributed by atoms with Crippen LogP contribution in [-0.4, -0.2) is 5.96 Å². The lowest BCUT2D eigenvalue weighted by molar-refractivity contribution is 0.499. The van der Waals surface area contributed by atoms with E-state index in [2.05, 4.69) is 10.4 Å². The lowest BCUT2D eigenvalue weighted by Crippen LogP contribution is -2.37. The molecule has 14 heavy (non-hydrogen) atoms. The molecule has 0 spiro atoms. The summed E-state index contributed by atoms with van der Waals surface area (Å²) in [4.78, 5) is 4.14. The first-order valence-corrected chi connectivity index (χ1v) is 4.41. The average Bonchev–Trinajstić information content (AvgIpc) is 2.45. The van der Waals surface area contributed by atoms with Gasteiger partial charge in [-0.25, -0.2) is 10.8 Å². The van der Waals surface area contributed by atoms with E-state index in [4.69, 9.17) is 16.0 Å². The molecular weight excluding hydrogens is 180 g/mol. The number of hydrazine groups is 1. The van der Waals surface area contributed by atoms with Crippen LogP contribution in [0.5, 0.6) is 0 Å². The third-order valence-corrected chi connectivity index (χ3v) is 2.01. The van der Waals surface area contributed by atoms with Gasteiger partial charge >= 0.3 is 0 Å². The van der Waals surface area contributed by atoms with E-state index in [1.807, 2.05) is 26.8 Å². The van der Waals surface area contributed by atoms with Crippen LogP contribution in [0.25, 0.3) is 0 Å². The van der Waals surface area contributed by atoms with Gasteiger partial charge < -0.3 is 10.2 Å². The molecule has 0 amide bonds. The van der Waals surface area contributed by atoms with Gasteiger partial charge in [0.05, 0.1) is 6.04 Å². The highest BCUT2D eigenvalue weighted by Gasteiger charge is 2.11. The molecule has 0 aliphatic rings. The summed E-state index contributed by atoms with van der Waals surface area (Å²) in [5.41, 5.74) is 8.77. The van der Waals surface area contributed by atoms with Crippen LogP contribution in [0.1, 0.15) is 30.0 Å². The fourth-order valence-corrected chi connectivity index (χ4v) is 1.38. The lowest BCUT2D eigenvalue weighted by Gasteiger charge is -2.06. The van der Waals surface area contributed by atoms with Crippen molar-refractivity contribution in [3.63, 3.8) is 0 Å². The van der Waals surface area contributed by atoms with Crippen LogP contribution < -0.4 is 17.0 Å². The van der Waals surface area contributed by atoms with Crippen molar-refractivity contribution in [1.29, 1.82) is 0 Å². The van der Waals surface area contributed by atoms with E-state index in [1.54, 1.807) is 0 Å². The summed E-state index contributed by atoms with van der Waals surface area (Å²) < 4.78 is 5.39. The Morgan fingerprint density at radius 1 is 1.57 bits per heavy atom. The molecule has 5 nitrogen and oxygen atoms in total. The Morgan fingerprint density at radius 2 is 2.21 bits per heavy atom. The van der Waals surface area contributed by atoms with Gasteiger partial charge in [0.25, 0.3) is 0 Å². The summed E-state index contributed by atoms with van der Waals surface area (Å²) in [6.45, 7) is 5.74. The first kappa shape index (κ1) is 10.6. The van der Waals surface area contributed by atoms with Crippen LogP contribution in [0.3, 0.4) is 0 Å². The quantitative estimate of drug-likeness (QED) is 0.281. The van der Waals surface area contributed by atoms with Gasteiger partial charge in [0.2, 0.25) is 5.96 Å². The Bertz CT molecular complexity index is 343. The summed E-state index contributed by atoms with van der Waals surface area (Å²) >= 11 is 0. The van der Waals surface area contributed by atoms with Crippen LogP contribution >= 0.6 is 0 Å². The molecule has 0 aromatic carbocycles. The average molecular weight is 196 g/mol. The van der Waals surface area contributed by atoms with E-state index in [0.29, 0.717) is 0 Å². The molecular formula is C9H16N4O. The largest absolute Gasteiger partial charge is 0.466 e. The molecule has 1 atom stereocenters. The molecule has 0 saturated heterocycles. The number of aliphatic imine (C=N–C) groups is 1. The maximum Gasteiger partial charge on any atom is 0.203 e. The second kappa shape index (κ2) is 4.15. The fourth-order valence-electron chi connectivity index (χ4n) is 1.38. The highest BCUT2D eigenvalue weighted by molar-refractivity contribution is 5.77. The molecule has 1 unspecified atom stereocenters. The van der Waals surface area contributed by atoms with Gasteiger partial charge in [-0.2, -0.15) is 0 Å². The van der Waals surface area contributed by atoms with Crippen molar-refractivity contribution in [2.75, 3.05) is 0 Å². The first-order chi connectivity index (χ1) is 6.54. The number of rotatable bonds is 2. The second-order valence-electron chi connectivity index (χ2n) is 3.20. The van der Waals surface area contributed by atoms with Crippen molar-refractivity contribution < 1.29 is 4.42 Å². The molecule has 1 aromatic heterocycles. The minimum Gasteiger partial charge on any atom is -0.466 e. The lowest BCUT2D eigenvalue weighted by atomic mass is 10.1. The van der Waals surface area contributed by atoms with Gasteiger partial charge in [-0.1, -0.05) is 0 Å². The van der Waals surface area contributed by atoms with E-state index in [-0.39, 0.29) is 12.0 Å². The van der Waals surface area contributed by atoms with Crippen molar-refractivity contribution >= 4 is 5.96 Å². The van der Waals surface area contributed by atoms with Crippen LogP contribution in [0.2, 0.25) is 0 Å². The summed E-state index contributed by atoms with van der Waals surface area (Å²) in [5, 5.41) is 0. The third kappa shape index (κ3) is 2.26. The smallest absolute Gasteiger partial charge is 0.203 e. The van der Waals surface area contributed by atoms with E-state index in [0.717, 1.165) is 17.1 Å². The maximum atomic E-state index is 5.45. The van der Waals surface area contributed by atoms with Crippen LogP contribution in [0.15, 0.2) is 15.5 Å². The Morgan fingerprint density at radius 3 is 2.64 bits per heavy atom. The molecule has 0 radical (unpaired) electrons.